The van der Waals surface area contributed by atoms with Gasteiger partial charge >= 0.3 is 0 Å². The number of hydrogen-bond donors (Lipinski definition) is 3. The number of nitrogens with one attached hydrogen (secondary N) is 3. The number of aryl methyl sites for hydroxylation is 1. The molecule has 1 fully saturated rings. The molecule has 3 N–H and O–H groups in total. The number of ether oxygens (including phenoxy) is 1. The second-order valence-corrected chi connectivity index (χ2v) is 7.11. The van der Waals surface area contributed by atoms with Crippen LogP contribution < -0.4 is 20.7 Å². The predicted molar refractivity (Wildman–Crippen MR) is 112 cm³/mol. The highest BCUT2D eigenvalue weighted by molar-refractivity contribution is 5.94. The fourth-order valence-corrected chi connectivity index (χ4v) is 3.43. The molecule has 1 aromatic rings. The smallest absolute Gasteiger partial charge is 0.224 e. The van der Waals surface area contributed by atoms with E-state index in [1.54, 1.807) is 0 Å². The first kappa shape index (κ1) is 22.5. The van der Waals surface area contributed by atoms with Crippen LogP contribution in [0.5, 0.6) is 5.75 Å². The lowest BCUT2D eigenvalue weighted by Crippen LogP contribution is -2.44. The molecule has 0 saturated carbocycles. The Kier molecular flexibility index (Phi) is 9.54. The fraction of sp³-hybridized carbons (Fsp3) is 0.600. The van der Waals surface area contributed by atoms with E-state index in [9.17, 15) is 9.59 Å². The topological polar surface area (TPSA) is 82.7 Å². The number of anilines is 1. The van der Waals surface area contributed by atoms with Gasteiger partial charge in [0.2, 0.25) is 11.8 Å². The summed E-state index contributed by atoms with van der Waals surface area (Å²) in [5, 5.41) is 9.19. The van der Waals surface area contributed by atoms with Gasteiger partial charge in [0.25, 0.3) is 0 Å². The zero-order valence-electron chi connectivity index (χ0n) is 16.3. The lowest BCUT2D eigenvalue weighted by atomic mass is 10.0. The summed E-state index contributed by atoms with van der Waals surface area (Å²) >= 11 is 0. The summed E-state index contributed by atoms with van der Waals surface area (Å²) in [6, 6.07) is 5.72. The molecule has 7 nitrogen and oxygen atoms in total. The maximum absolute atomic E-state index is 11.9. The quantitative estimate of drug-likeness (QED) is 0.538. The monoisotopic (exact) mass is 410 g/mol. The Balaban J connectivity index is 0.00000280. The highest BCUT2D eigenvalue weighted by atomic mass is 35.5. The third kappa shape index (κ3) is 7.30. The summed E-state index contributed by atoms with van der Waals surface area (Å²) in [4.78, 5) is 25.7. The molecular formula is C20H31ClN4O3. The van der Waals surface area contributed by atoms with E-state index in [1.807, 2.05) is 18.2 Å². The summed E-state index contributed by atoms with van der Waals surface area (Å²) in [6.45, 7) is 6.61. The van der Waals surface area contributed by atoms with Crippen LogP contribution in [-0.2, 0) is 16.0 Å². The van der Waals surface area contributed by atoms with E-state index in [0.717, 1.165) is 69.1 Å². The highest BCUT2D eigenvalue weighted by Crippen LogP contribution is 2.26. The maximum Gasteiger partial charge on any atom is 0.224 e. The van der Waals surface area contributed by atoms with Crippen molar-refractivity contribution in [3.8, 4) is 5.75 Å². The Hall–Kier alpha value is -1.83. The summed E-state index contributed by atoms with van der Waals surface area (Å²) in [5.41, 5.74) is 1.98. The Labute approximate surface area is 173 Å². The van der Waals surface area contributed by atoms with Crippen LogP contribution in [0.3, 0.4) is 0 Å². The van der Waals surface area contributed by atoms with Crippen molar-refractivity contribution in [2.75, 3.05) is 51.2 Å². The molecule has 2 aliphatic heterocycles. The van der Waals surface area contributed by atoms with Gasteiger partial charge in [-0.3, -0.25) is 9.59 Å². The molecule has 2 amide bonds. The Morgan fingerprint density at radius 1 is 1.18 bits per heavy atom. The largest absolute Gasteiger partial charge is 0.494 e. The highest BCUT2D eigenvalue weighted by Gasteiger charge is 2.15. The lowest BCUT2D eigenvalue weighted by molar-refractivity contribution is -0.121. The number of carbonyl (C=O) groups is 2. The minimum absolute atomic E-state index is 0. The molecule has 0 atom stereocenters. The zero-order valence-corrected chi connectivity index (χ0v) is 17.1. The first-order valence-corrected chi connectivity index (χ1v) is 9.96. The van der Waals surface area contributed by atoms with Crippen molar-refractivity contribution in [1.29, 1.82) is 0 Å². The molecule has 1 saturated heterocycles. The number of piperazine rings is 1. The fourth-order valence-electron chi connectivity index (χ4n) is 3.43. The van der Waals surface area contributed by atoms with Crippen LogP contribution >= 0.6 is 12.4 Å². The van der Waals surface area contributed by atoms with Crippen molar-refractivity contribution in [2.45, 2.75) is 32.1 Å². The number of hydrogen-bond acceptors (Lipinski definition) is 5. The Bertz CT molecular complexity index is 650. The van der Waals surface area contributed by atoms with Crippen LogP contribution in [0.25, 0.3) is 0 Å². The van der Waals surface area contributed by atoms with Gasteiger partial charge in [-0.2, -0.15) is 0 Å². The first-order valence-electron chi connectivity index (χ1n) is 9.96. The number of nitrogens with zero attached hydrogens (tertiary/aromatic N) is 1. The molecule has 0 radical (unpaired) electrons. The summed E-state index contributed by atoms with van der Waals surface area (Å²) in [7, 11) is 0. The number of rotatable bonds is 9. The molecule has 0 spiro atoms. The van der Waals surface area contributed by atoms with Crippen molar-refractivity contribution in [2.24, 2.45) is 0 Å². The van der Waals surface area contributed by atoms with Crippen LogP contribution in [0.1, 0.15) is 31.2 Å². The minimum atomic E-state index is 0. The van der Waals surface area contributed by atoms with Crippen LogP contribution in [0, 0.1) is 0 Å². The maximum atomic E-state index is 11.9. The molecule has 3 rings (SSSR count). The van der Waals surface area contributed by atoms with E-state index in [0.29, 0.717) is 25.9 Å². The van der Waals surface area contributed by atoms with Gasteiger partial charge in [0.05, 0.1) is 6.61 Å². The summed E-state index contributed by atoms with van der Waals surface area (Å²) in [6.07, 6.45) is 3.43. The van der Waals surface area contributed by atoms with Gasteiger partial charge in [-0.25, -0.2) is 0 Å². The van der Waals surface area contributed by atoms with Gasteiger partial charge in [-0.15, -0.1) is 12.4 Å². The zero-order chi connectivity index (χ0) is 18.9. The van der Waals surface area contributed by atoms with Crippen molar-refractivity contribution < 1.29 is 14.3 Å². The van der Waals surface area contributed by atoms with Gasteiger partial charge in [-0.1, -0.05) is 0 Å². The molecule has 28 heavy (non-hydrogen) atoms. The molecule has 2 aliphatic rings. The van der Waals surface area contributed by atoms with Gasteiger partial charge in [-0.05, 0) is 49.6 Å². The normalized spacial score (nSPS) is 16.5. The summed E-state index contributed by atoms with van der Waals surface area (Å²) < 4.78 is 5.75. The van der Waals surface area contributed by atoms with E-state index in [4.69, 9.17) is 4.74 Å². The van der Waals surface area contributed by atoms with E-state index < -0.39 is 0 Å². The van der Waals surface area contributed by atoms with Crippen molar-refractivity contribution in [3.63, 3.8) is 0 Å². The minimum Gasteiger partial charge on any atom is -0.494 e. The molecule has 156 valence electrons. The lowest BCUT2D eigenvalue weighted by Gasteiger charge is -2.27. The second-order valence-electron chi connectivity index (χ2n) is 7.11. The van der Waals surface area contributed by atoms with Crippen LogP contribution in [0.2, 0.25) is 0 Å². The van der Waals surface area contributed by atoms with Gasteiger partial charge < -0.3 is 25.6 Å². The molecular weight excluding hydrogens is 380 g/mol. The van der Waals surface area contributed by atoms with E-state index >= 15 is 0 Å². The van der Waals surface area contributed by atoms with E-state index in [2.05, 4.69) is 20.9 Å². The standard InChI is InChI=1S/C20H30N4O3.ClH/c25-19(22-8-2-11-24-12-9-21-10-13-24)3-1-14-27-17-5-6-18-16(15-17)4-7-20(26)23-18;/h5-6,15,21H,1-4,7-14H2,(H,22,25)(H,23,26);1H. The van der Waals surface area contributed by atoms with Crippen LogP contribution in [-0.4, -0.2) is 62.6 Å². The predicted octanol–water partition coefficient (Wildman–Crippen LogP) is 1.56. The number of benzene rings is 1. The molecule has 0 bridgehead atoms. The number of halogens is 1. The summed E-state index contributed by atoms with van der Waals surface area (Å²) in [5.74, 6) is 0.948. The third-order valence-electron chi connectivity index (χ3n) is 4.97. The number of fused-ring (bicyclic) bond motifs is 1. The molecule has 8 heteroatoms. The Morgan fingerprint density at radius 2 is 2.00 bits per heavy atom. The second kappa shape index (κ2) is 11.9. The van der Waals surface area contributed by atoms with Gasteiger partial charge in [0.15, 0.2) is 0 Å². The van der Waals surface area contributed by atoms with Crippen molar-refractivity contribution in [1.82, 2.24) is 15.5 Å². The average molecular weight is 411 g/mol. The first-order chi connectivity index (χ1) is 13.2. The Morgan fingerprint density at radius 3 is 2.82 bits per heavy atom. The van der Waals surface area contributed by atoms with Crippen LogP contribution in [0.4, 0.5) is 5.69 Å². The van der Waals surface area contributed by atoms with E-state index in [-0.39, 0.29) is 24.2 Å². The SMILES string of the molecule is Cl.O=C(CCCOc1ccc2c(c1)CCC(=O)N2)NCCCN1CCNCC1. The average Bonchev–Trinajstić information content (AvgIpc) is 2.69. The number of amides is 2. The van der Waals surface area contributed by atoms with E-state index in [1.165, 1.54) is 0 Å². The van der Waals surface area contributed by atoms with Gasteiger partial charge in [0, 0.05) is 51.3 Å². The van der Waals surface area contributed by atoms with Crippen molar-refractivity contribution in [3.05, 3.63) is 23.8 Å². The third-order valence-corrected chi connectivity index (χ3v) is 4.97. The molecule has 2 heterocycles. The number of carbonyl (C=O) groups excluding carboxylic acids is 2. The van der Waals surface area contributed by atoms with Crippen molar-refractivity contribution >= 4 is 29.9 Å². The molecule has 0 aliphatic carbocycles. The molecule has 0 aromatic heterocycles. The van der Waals surface area contributed by atoms with Crippen LogP contribution in [0.15, 0.2) is 18.2 Å². The molecule has 0 unspecified atom stereocenters. The molecule has 1 aromatic carbocycles. The van der Waals surface area contributed by atoms with Gasteiger partial charge in [0.1, 0.15) is 5.75 Å².